The van der Waals surface area contributed by atoms with E-state index in [2.05, 4.69) is 10.3 Å². The molecule has 19 heavy (non-hydrogen) atoms. The number of hydrogen-bond acceptors (Lipinski definition) is 5. The van der Waals surface area contributed by atoms with Crippen LogP contribution in [-0.4, -0.2) is 35.4 Å². The number of aromatic nitrogens is 1. The van der Waals surface area contributed by atoms with E-state index in [0.717, 1.165) is 6.07 Å². The molecule has 0 aliphatic carbocycles. The van der Waals surface area contributed by atoms with Gasteiger partial charge in [0.1, 0.15) is 11.0 Å². The van der Waals surface area contributed by atoms with Crippen LogP contribution >= 0.6 is 11.6 Å². The van der Waals surface area contributed by atoms with Crippen molar-refractivity contribution in [1.29, 1.82) is 0 Å². The van der Waals surface area contributed by atoms with E-state index in [4.69, 9.17) is 11.6 Å². The summed E-state index contributed by atoms with van der Waals surface area (Å²) in [5.74, 6) is 0.0834. The summed E-state index contributed by atoms with van der Waals surface area (Å²) in [7, 11) is 1.61. The Morgan fingerprint density at radius 2 is 2.21 bits per heavy atom. The molecule has 1 N–H and O–H groups in total. The molecule has 0 radical (unpaired) electrons. The maximum absolute atomic E-state index is 11.6. The first-order chi connectivity index (χ1) is 8.79. The first kappa shape index (κ1) is 15.2. The maximum atomic E-state index is 11.6. The third kappa shape index (κ3) is 4.70. The number of carbonyl (C=O) groups is 1. The van der Waals surface area contributed by atoms with E-state index in [1.54, 1.807) is 7.05 Å². The Morgan fingerprint density at radius 1 is 1.58 bits per heavy atom. The molecule has 0 fully saturated rings. The summed E-state index contributed by atoms with van der Waals surface area (Å²) < 4.78 is 0. The molecule has 104 valence electrons. The largest absolute Gasteiger partial charge is 0.352 e. The molecule has 0 aliphatic rings. The summed E-state index contributed by atoms with van der Waals surface area (Å²) >= 11 is 5.72. The van der Waals surface area contributed by atoms with Gasteiger partial charge in [-0.3, -0.25) is 14.9 Å². The highest BCUT2D eigenvalue weighted by atomic mass is 35.5. The number of amides is 1. The fourth-order valence-corrected chi connectivity index (χ4v) is 1.63. The topological polar surface area (TPSA) is 88.4 Å². The zero-order valence-corrected chi connectivity index (χ0v) is 11.6. The van der Waals surface area contributed by atoms with Crippen molar-refractivity contribution in [3.05, 3.63) is 27.4 Å². The first-order valence-corrected chi connectivity index (χ1v) is 6.00. The Kier molecular flexibility index (Phi) is 5.05. The number of anilines is 1. The molecule has 0 spiro atoms. The number of nitrogens with one attached hydrogen (secondary N) is 1. The second-order valence-electron chi connectivity index (χ2n) is 4.34. The van der Waals surface area contributed by atoms with E-state index >= 15 is 0 Å². The number of hydrogen-bond donors (Lipinski definition) is 1. The van der Waals surface area contributed by atoms with E-state index in [9.17, 15) is 14.9 Å². The van der Waals surface area contributed by atoms with Gasteiger partial charge >= 0.3 is 0 Å². The van der Waals surface area contributed by atoms with Crippen molar-refractivity contribution in [2.24, 2.45) is 0 Å². The van der Waals surface area contributed by atoms with Crippen LogP contribution in [0.4, 0.5) is 11.5 Å². The summed E-state index contributed by atoms with van der Waals surface area (Å²) in [5, 5.41) is 13.5. The van der Waals surface area contributed by atoms with Crippen molar-refractivity contribution < 1.29 is 9.72 Å². The van der Waals surface area contributed by atoms with Crippen LogP contribution in [0.15, 0.2) is 12.1 Å². The van der Waals surface area contributed by atoms with Gasteiger partial charge in [0.15, 0.2) is 0 Å². The number of halogens is 1. The average molecular weight is 287 g/mol. The van der Waals surface area contributed by atoms with Gasteiger partial charge in [-0.15, -0.1) is 0 Å². The van der Waals surface area contributed by atoms with E-state index in [-0.39, 0.29) is 35.2 Å². The third-order valence-electron chi connectivity index (χ3n) is 2.20. The molecule has 1 heterocycles. The Morgan fingerprint density at radius 3 is 2.74 bits per heavy atom. The molecular weight excluding hydrogens is 272 g/mol. The molecule has 1 aromatic rings. The summed E-state index contributed by atoms with van der Waals surface area (Å²) in [4.78, 5) is 27.2. The molecule has 0 aromatic carbocycles. The Hall–Kier alpha value is -1.89. The van der Waals surface area contributed by atoms with Gasteiger partial charge in [-0.1, -0.05) is 11.6 Å². The number of pyridine rings is 1. The Balaban J connectivity index is 2.84. The summed E-state index contributed by atoms with van der Waals surface area (Å²) in [5.41, 5.74) is -0.161. The summed E-state index contributed by atoms with van der Waals surface area (Å²) in [6.07, 6.45) is 0. The SMILES string of the molecule is CC(C)NC(=O)CN(C)c1cc([N+](=O)[O-])cc(Cl)n1. The normalized spacial score (nSPS) is 10.4. The molecule has 1 rings (SSSR count). The summed E-state index contributed by atoms with van der Waals surface area (Å²) in [6, 6.07) is 2.46. The number of carbonyl (C=O) groups excluding carboxylic acids is 1. The maximum Gasteiger partial charge on any atom is 0.276 e. The molecule has 0 atom stereocenters. The highest BCUT2D eigenvalue weighted by Gasteiger charge is 2.15. The predicted molar refractivity (Wildman–Crippen MR) is 72.5 cm³/mol. The minimum atomic E-state index is -0.556. The minimum Gasteiger partial charge on any atom is -0.352 e. The lowest BCUT2D eigenvalue weighted by Gasteiger charge is -2.18. The van der Waals surface area contributed by atoms with Crippen LogP contribution in [0.3, 0.4) is 0 Å². The van der Waals surface area contributed by atoms with E-state index in [0.29, 0.717) is 0 Å². The number of likely N-dealkylation sites (N-methyl/N-ethyl adjacent to an activating group) is 1. The van der Waals surface area contributed by atoms with Crippen LogP contribution in [0.25, 0.3) is 0 Å². The lowest BCUT2D eigenvalue weighted by atomic mass is 10.3. The average Bonchev–Trinajstić information content (AvgIpc) is 2.26. The third-order valence-corrected chi connectivity index (χ3v) is 2.39. The van der Waals surface area contributed by atoms with Gasteiger partial charge in [0.2, 0.25) is 5.91 Å². The highest BCUT2D eigenvalue weighted by Crippen LogP contribution is 2.22. The Bertz CT molecular complexity index is 493. The van der Waals surface area contributed by atoms with Crippen LogP contribution in [-0.2, 0) is 4.79 Å². The fourth-order valence-electron chi connectivity index (χ4n) is 1.43. The van der Waals surface area contributed by atoms with Gasteiger partial charge in [-0.25, -0.2) is 4.98 Å². The lowest BCUT2D eigenvalue weighted by molar-refractivity contribution is -0.384. The number of nitro groups is 1. The molecule has 0 bridgehead atoms. The number of rotatable bonds is 5. The van der Waals surface area contributed by atoms with Gasteiger partial charge < -0.3 is 10.2 Å². The molecule has 0 saturated heterocycles. The molecule has 7 nitrogen and oxygen atoms in total. The smallest absolute Gasteiger partial charge is 0.276 e. The first-order valence-electron chi connectivity index (χ1n) is 5.62. The Labute approximate surface area is 115 Å². The van der Waals surface area contributed by atoms with Crippen LogP contribution < -0.4 is 10.2 Å². The van der Waals surface area contributed by atoms with Crippen molar-refractivity contribution in [1.82, 2.24) is 10.3 Å². The molecule has 0 unspecified atom stereocenters. The van der Waals surface area contributed by atoms with Gasteiger partial charge in [-0.2, -0.15) is 0 Å². The minimum absolute atomic E-state index is 0.0142. The van der Waals surface area contributed by atoms with E-state index < -0.39 is 4.92 Å². The van der Waals surface area contributed by atoms with E-state index in [1.807, 2.05) is 13.8 Å². The van der Waals surface area contributed by atoms with Crippen LogP contribution in [0.5, 0.6) is 0 Å². The van der Waals surface area contributed by atoms with Crippen molar-refractivity contribution >= 4 is 29.0 Å². The fraction of sp³-hybridized carbons (Fsp3) is 0.455. The van der Waals surface area contributed by atoms with Crippen molar-refractivity contribution in [2.75, 3.05) is 18.5 Å². The zero-order valence-electron chi connectivity index (χ0n) is 10.9. The monoisotopic (exact) mass is 286 g/mol. The molecular formula is C11H15ClN4O3. The van der Waals surface area contributed by atoms with Gasteiger partial charge in [-0.05, 0) is 13.8 Å². The highest BCUT2D eigenvalue weighted by molar-refractivity contribution is 6.29. The standard InChI is InChI=1S/C11H15ClN4O3/c1-7(2)13-11(17)6-15(3)10-5-8(16(18)19)4-9(12)14-10/h4-5,7H,6H2,1-3H3,(H,13,17). The van der Waals surface area contributed by atoms with Crippen molar-refractivity contribution in [2.45, 2.75) is 19.9 Å². The van der Waals surface area contributed by atoms with Crippen LogP contribution in [0.2, 0.25) is 5.15 Å². The van der Waals surface area contributed by atoms with Crippen LogP contribution in [0.1, 0.15) is 13.8 Å². The van der Waals surface area contributed by atoms with Gasteiger partial charge in [0.25, 0.3) is 5.69 Å². The quantitative estimate of drug-likeness (QED) is 0.504. The molecule has 0 saturated carbocycles. The van der Waals surface area contributed by atoms with Crippen molar-refractivity contribution in [3.8, 4) is 0 Å². The zero-order chi connectivity index (χ0) is 14.6. The van der Waals surface area contributed by atoms with Crippen molar-refractivity contribution in [3.63, 3.8) is 0 Å². The van der Waals surface area contributed by atoms with Gasteiger partial charge in [0.05, 0.1) is 23.6 Å². The van der Waals surface area contributed by atoms with Gasteiger partial charge in [0, 0.05) is 13.1 Å². The second-order valence-corrected chi connectivity index (χ2v) is 4.73. The molecule has 0 aliphatic heterocycles. The molecule has 1 amide bonds. The van der Waals surface area contributed by atoms with E-state index in [1.165, 1.54) is 11.0 Å². The lowest BCUT2D eigenvalue weighted by Crippen LogP contribution is -2.38. The van der Waals surface area contributed by atoms with Crippen LogP contribution in [0, 0.1) is 10.1 Å². The second kappa shape index (κ2) is 6.33. The molecule has 1 aromatic heterocycles. The molecule has 8 heteroatoms. The number of nitrogens with zero attached hydrogens (tertiary/aromatic N) is 3. The predicted octanol–water partition coefficient (Wildman–Crippen LogP) is 1.60. The summed E-state index contributed by atoms with van der Waals surface area (Å²) in [6.45, 7) is 3.74.